The van der Waals surface area contributed by atoms with E-state index in [-0.39, 0.29) is 0 Å². The van der Waals surface area contributed by atoms with Crippen LogP contribution in [0.25, 0.3) is 0 Å². The van der Waals surface area contributed by atoms with Crippen LogP contribution in [-0.2, 0) is 4.74 Å². The molecule has 0 spiro atoms. The molecule has 7 heavy (non-hydrogen) atoms. The minimum atomic E-state index is 0.653. The van der Waals surface area contributed by atoms with Crippen LogP contribution in [0.1, 0.15) is 13.8 Å². The molecule has 40 valence electrons. The van der Waals surface area contributed by atoms with Crippen LogP contribution in [0.4, 0.5) is 0 Å². The molecule has 0 aliphatic carbocycles. The highest BCUT2D eigenvalue weighted by Crippen LogP contribution is 2.15. The lowest BCUT2D eigenvalue weighted by Crippen LogP contribution is -1.94. The molecule has 0 aromatic rings. The van der Waals surface area contributed by atoms with Crippen molar-refractivity contribution >= 4 is 0 Å². The Balaban J connectivity index is 2.54. The molecule has 0 saturated carbocycles. The van der Waals surface area contributed by atoms with Gasteiger partial charge in [0.25, 0.3) is 0 Å². The van der Waals surface area contributed by atoms with Crippen LogP contribution in [0, 0.1) is 5.92 Å². The molecular weight excluding hydrogens is 88.1 g/mol. The van der Waals surface area contributed by atoms with Crippen LogP contribution >= 0.6 is 0 Å². The fraction of sp³-hybridized carbons (Fsp3) is 0.667. The van der Waals surface area contributed by atoms with Crippen LogP contribution in [0.3, 0.4) is 0 Å². The molecule has 1 heterocycles. The molecule has 0 saturated heterocycles. The Morgan fingerprint density at radius 2 is 2.57 bits per heavy atom. The van der Waals surface area contributed by atoms with Crippen LogP contribution in [0.2, 0.25) is 0 Å². The van der Waals surface area contributed by atoms with E-state index in [1.54, 1.807) is 0 Å². The summed E-state index contributed by atoms with van der Waals surface area (Å²) in [4.78, 5) is 0. The van der Waals surface area contributed by atoms with Gasteiger partial charge < -0.3 is 4.74 Å². The van der Waals surface area contributed by atoms with E-state index in [1.165, 1.54) is 5.57 Å². The van der Waals surface area contributed by atoms with E-state index in [2.05, 4.69) is 13.8 Å². The normalized spacial score (nSPS) is 29.4. The van der Waals surface area contributed by atoms with Gasteiger partial charge in [-0.3, -0.25) is 0 Å². The number of hydrogen-bond donors (Lipinski definition) is 0. The number of rotatable bonds is 0. The van der Waals surface area contributed by atoms with Crippen molar-refractivity contribution in [1.82, 2.24) is 0 Å². The standard InChI is InChI=1S/C6H10O/c1-5-3-7-4-6(5)2/h3,6H,4H2,1-2H3. The van der Waals surface area contributed by atoms with E-state index < -0.39 is 0 Å². The second-order valence-electron chi connectivity index (χ2n) is 2.10. The van der Waals surface area contributed by atoms with Crippen LogP contribution < -0.4 is 0 Å². The van der Waals surface area contributed by atoms with Gasteiger partial charge in [-0.1, -0.05) is 6.92 Å². The van der Waals surface area contributed by atoms with Crippen molar-refractivity contribution in [1.29, 1.82) is 0 Å². The van der Waals surface area contributed by atoms with Crippen molar-refractivity contribution in [3.8, 4) is 0 Å². The Kier molecular flexibility index (Phi) is 1.05. The first kappa shape index (κ1) is 4.69. The molecule has 1 heteroatoms. The van der Waals surface area contributed by atoms with Crippen molar-refractivity contribution in [3.05, 3.63) is 11.8 Å². The number of ether oxygens (including phenoxy) is 1. The average molecular weight is 98.1 g/mol. The summed E-state index contributed by atoms with van der Waals surface area (Å²) in [5.41, 5.74) is 1.36. The highest BCUT2D eigenvalue weighted by atomic mass is 16.5. The fourth-order valence-corrected chi connectivity index (χ4v) is 0.571. The lowest BCUT2D eigenvalue weighted by molar-refractivity contribution is 0.255. The summed E-state index contributed by atoms with van der Waals surface area (Å²) in [6, 6.07) is 0. The third kappa shape index (κ3) is 0.763. The monoisotopic (exact) mass is 98.1 g/mol. The van der Waals surface area contributed by atoms with E-state index in [0.29, 0.717) is 5.92 Å². The summed E-state index contributed by atoms with van der Waals surface area (Å²) in [7, 11) is 0. The van der Waals surface area contributed by atoms with Gasteiger partial charge in [-0.25, -0.2) is 0 Å². The van der Waals surface area contributed by atoms with Gasteiger partial charge in [0.1, 0.15) is 0 Å². The van der Waals surface area contributed by atoms with Crippen molar-refractivity contribution < 1.29 is 4.74 Å². The number of hydrogen-bond acceptors (Lipinski definition) is 1. The maximum absolute atomic E-state index is 5.01. The minimum Gasteiger partial charge on any atom is -0.501 e. The van der Waals surface area contributed by atoms with Crippen molar-refractivity contribution in [2.24, 2.45) is 5.92 Å². The lowest BCUT2D eigenvalue weighted by atomic mass is 10.1. The molecule has 0 bridgehead atoms. The van der Waals surface area contributed by atoms with E-state index in [1.807, 2.05) is 6.26 Å². The average Bonchev–Trinajstić information content (AvgIpc) is 1.91. The minimum absolute atomic E-state index is 0.653. The molecule has 0 amide bonds. The molecule has 1 nitrogen and oxygen atoms in total. The molecule has 1 aliphatic rings. The van der Waals surface area contributed by atoms with E-state index in [4.69, 9.17) is 4.74 Å². The molecule has 0 N–H and O–H groups in total. The molecule has 1 unspecified atom stereocenters. The summed E-state index contributed by atoms with van der Waals surface area (Å²) >= 11 is 0. The van der Waals surface area contributed by atoms with Gasteiger partial charge in [0.2, 0.25) is 0 Å². The maximum Gasteiger partial charge on any atom is 0.0936 e. The Labute approximate surface area is 44.0 Å². The lowest BCUT2D eigenvalue weighted by Gasteiger charge is -1.96. The van der Waals surface area contributed by atoms with Gasteiger partial charge in [-0.2, -0.15) is 0 Å². The first-order valence-electron chi connectivity index (χ1n) is 2.59. The highest BCUT2D eigenvalue weighted by Gasteiger charge is 2.09. The largest absolute Gasteiger partial charge is 0.501 e. The van der Waals surface area contributed by atoms with E-state index >= 15 is 0 Å². The zero-order chi connectivity index (χ0) is 5.28. The zero-order valence-corrected chi connectivity index (χ0v) is 4.77. The van der Waals surface area contributed by atoms with Crippen molar-refractivity contribution in [2.75, 3.05) is 6.61 Å². The predicted molar refractivity (Wildman–Crippen MR) is 28.9 cm³/mol. The van der Waals surface area contributed by atoms with Gasteiger partial charge >= 0.3 is 0 Å². The molecule has 0 fully saturated rings. The zero-order valence-electron chi connectivity index (χ0n) is 4.77. The van der Waals surface area contributed by atoms with E-state index in [9.17, 15) is 0 Å². The second kappa shape index (κ2) is 1.57. The van der Waals surface area contributed by atoms with Crippen molar-refractivity contribution in [3.63, 3.8) is 0 Å². The summed E-state index contributed by atoms with van der Waals surface area (Å²) in [6.07, 6.45) is 1.84. The fourth-order valence-electron chi connectivity index (χ4n) is 0.571. The summed E-state index contributed by atoms with van der Waals surface area (Å²) < 4.78 is 5.01. The smallest absolute Gasteiger partial charge is 0.0936 e. The molecule has 1 aliphatic heterocycles. The van der Waals surface area contributed by atoms with Crippen LogP contribution in [-0.4, -0.2) is 6.61 Å². The van der Waals surface area contributed by atoms with Crippen LogP contribution in [0.15, 0.2) is 11.8 Å². The van der Waals surface area contributed by atoms with Crippen molar-refractivity contribution in [2.45, 2.75) is 13.8 Å². The topological polar surface area (TPSA) is 9.23 Å². The third-order valence-electron chi connectivity index (χ3n) is 1.39. The first-order chi connectivity index (χ1) is 3.30. The van der Waals surface area contributed by atoms with Crippen LogP contribution in [0.5, 0.6) is 0 Å². The Hall–Kier alpha value is -0.460. The Morgan fingerprint density at radius 3 is 2.71 bits per heavy atom. The Bertz CT molecular complexity index is 94.4. The molecule has 0 radical (unpaired) electrons. The SMILES string of the molecule is CC1=COCC1C. The second-order valence-corrected chi connectivity index (χ2v) is 2.10. The molecule has 1 atom stereocenters. The summed E-state index contributed by atoms with van der Waals surface area (Å²) in [5, 5.41) is 0. The van der Waals surface area contributed by atoms with Gasteiger partial charge in [-0.05, 0) is 12.5 Å². The first-order valence-corrected chi connectivity index (χ1v) is 2.59. The molecule has 0 aromatic carbocycles. The molecule has 1 rings (SSSR count). The summed E-state index contributed by atoms with van der Waals surface area (Å²) in [5.74, 6) is 0.653. The van der Waals surface area contributed by atoms with Gasteiger partial charge in [0, 0.05) is 5.92 Å². The Morgan fingerprint density at radius 1 is 1.86 bits per heavy atom. The quantitative estimate of drug-likeness (QED) is 0.446. The highest BCUT2D eigenvalue weighted by molar-refractivity contribution is 5.02. The van der Waals surface area contributed by atoms with E-state index in [0.717, 1.165) is 6.61 Å². The predicted octanol–water partition coefficient (Wildman–Crippen LogP) is 1.56. The maximum atomic E-state index is 5.01. The third-order valence-corrected chi connectivity index (χ3v) is 1.39. The van der Waals surface area contributed by atoms with Gasteiger partial charge in [0.05, 0.1) is 12.9 Å². The molecule has 0 aromatic heterocycles. The van der Waals surface area contributed by atoms with Gasteiger partial charge in [0.15, 0.2) is 0 Å². The molecular formula is C6H10O. The van der Waals surface area contributed by atoms with Gasteiger partial charge in [-0.15, -0.1) is 0 Å². The summed E-state index contributed by atoms with van der Waals surface area (Å²) in [6.45, 7) is 5.14.